The number of hydrogen-bond acceptors (Lipinski definition) is 6. The number of ether oxygens (including phenoxy) is 2. The Hall–Kier alpha value is -1.23. The molecule has 4 N–H and O–H groups in total. The van der Waals surface area contributed by atoms with Crippen LogP contribution in [-0.2, 0) is 30.8 Å². The second-order valence-electron chi connectivity index (χ2n) is 5.11. The van der Waals surface area contributed by atoms with Gasteiger partial charge in [0.2, 0.25) is 15.9 Å². The summed E-state index contributed by atoms with van der Waals surface area (Å²) in [5.41, 5.74) is 6.15. The molecule has 0 radical (unpaired) electrons. The van der Waals surface area contributed by atoms with E-state index in [1.807, 2.05) is 0 Å². The third kappa shape index (κ3) is 8.61. The molecule has 1 aromatic rings. The average molecular weight is 396 g/mol. The van der Waals surface area contributed by atoms with Crippen LogP contribution in [0.15, 0.2) is 29.2 Å². The molecule has 1 unspecified atom stereocenters. The largest absolute Gasteiger partial charge is 0.383 e. The van der Waals surface area contributed by atoms with Crippen LogP contribution in [0, 0.1) is 0 Å². The van der Waals surface area contributed by atoms with Gasteiger partial charge in [0.15, 0.2) is 0 Å². The maximum atomic E-state index is 12.1. The summed E-state index contributed by atoms with van der Waals surface area (Å²) in [5, 5.41) is 2.72. The van der Waals surface area contributed by atoms with Crippen molar-refractivity contribution in [1.29, 1.82) is 0 Å². The highest BCUT2D eigenvalue weighted by Crippen LogP contribution is 2.11. The van der Waals surface area contributed by atoms with Crippen LogP contribution in [0.2, 0.25) is 0 Å². The lowest BCUT2D eigenvalue weighted by Crippen LogP contribution is -2.32. The fourth-order valence-corrected chi connectivity index (χ4v) is 3.01. The Labute approximate surface area is 154 Å². The van der Waals surface area contributed by atoms with Gasteiger partial charge in [-0.15, -0.1) is 12.4 Å². The third-order valence-corrected chi connectivity index (χ3v) is 4.76. The van der Waals surface area contributed by atoms with Crippen molar-refractivity contribution >= 4 is 28.3 Å². The van der Waals surface area contributed by atoms with Crippen LogP contribution in [0.1, 0.15) is 12.0 Å². The predicted octanol–water partition coefficient (Wildman–Crippen LogP) is 0.0131. The van der Waals surface area contributed by atoms with E-state index in [2.05, 4.69) is 10.0 Å². The third-order valence-electron chi connectivity index (χ3n) is 3.31. The number of rotatable bonds is 11. The van der Waals surface area contributed by atoms with Gasteiger partial charge in [0.25, 0.3) is 0 Å². The summed E-state index contributed by atoms with van der Waals surface area (Å²) in [6, 6.07) is 6.39. The number of hydrogen-bond donors (Lipinski definition) is 3. The van der Waals surface area contributed by atoms with E-state index in [-0.39, 0.29) is 62.0 Å². The van der Waals surface area contributed by atoms with Gasteiger partial charge in [-0.25, -0.2) is 13.1 Å². The molecule has 0 aliphatic rings. The smallest absolute Gasteiger partial charge is 0.240 e. The molecular weight excluding hydrogens is 370 g/mol. The fraction of sp³-hybridized carbons (Fsp3) is 0.533. The van der Waals surface area contributed by atoms with Crippen molar-refractivity contribution in [3.8, 4) is 0 Å². The first-order valence-electron chi connectivity index (χ1n) is 7.50. The van der Waals surface area contributed by atoms with Gasteiger partial charge in [0.05, 0.1) is 24.0 Å². The van der Waals surface area contributed by atoms with Crippen LogP contribution in [0.3, 0.4) is 0 Å². The van der Waals surface area contributed by atoms with E-state index in [4.69, 9.17) is 15.2 Å². The van der Waals surface area contributed by atoms with Gasteiger partial charge in [-0.3, -0.25) is 4.79 Å². The number of nitrogens with two attached hydrogens (primary N) is 1. The number of carbonyl (C=O) groups is 1. The number of amides is 1. The Kier molecular flexibility index (Phi) is 11.6. The summed E-state index contributed by atoms with van der Waals surface area (Å²) in [6.07, 6.45) is -0.175. The molecule has 0 fully saturated rings. The summed E-state index contributed by atoms with van der Waals surface area (Å²) in [5.74, 6) is -0.209. The minimum Gasteiger partial charge on any atom is -0.383 e. The lowest BCUT2D eigenvalue weighted by molar-refractivity contribution is -0.123. The van der Waals surface area contributed by atoms with E-state index in [0.717, 1.165) is 0 Å². The van der Waals surface area contributed by atoms with E-state index in [0.29, 0.717) is 5.56 Å². The Morgan fingerprint density at radius 2 is 2.04 bits per heavy atom. The summed E-state index contributed by atoms with van der Waals surface area (Å²) < 4.78 is 36.6. The molecule has 0 aliphatic heterocycles. The van der Waals surface area contributed by atoms with Crippen molar-refractivity contribution in [3.63, 3.8) is 0 Å². The van der Waals surface area contributed by atoms with Crippen LogP contribution in [0.5, 0.6) is 0 Å². The van der Waals surface area contributed by atoms with Gasteiger partial charge in [-0.1, -0.05) is 12.1 Å². The molecule has 1 amide bonds. The summed E-state index contributed by atoms with van der Waals surface area (Å²) in [6.45, 7) is 0.958. The SMILES string of the molecule is COCCNS(=O)(=O)c1cccc(CNC(=O)CC(CN)OC)c1.Cl. The first-order chi connectivity index (χ1) is 11.4. The van der Waals surface area contributed by atoms with Crippen LogP contribution in [0.4, 0.5) is 0 Å². The van der Waals surface area contributed by atoms with Gasteiger partial charge >= 0.3 is 0 Å². The van der Waals surface area contributed by atoms with E-state index < -0.39 is 10.0 Å². The van der Waals surface area contributed by atoms with Gasteiger partial charge in [-0.2, -0.15) is 0 Å². The Morgan fingerprint density at radius 1 is 1.32 bits per heavy atom. The monoisotopic (exact) mass is 395 g/mol. The fourth-order valence-electron chi connectivity index (χ4n) is 1.93. The zero-order valence-electron chi connectivity index (χ0n) is 14.4. The Balaban J connectivity index is 0.00000576. The molecule has 25 heavy (non-hydrogen) atoms. The maximum Gasteiger partial charge on any atom is 0.240 e. The molecule has 0 heterocycles. The molecule has 8 nitrogen and oxygen atoms in total. The lowest BCUT2D eigenvalue weighted by atomic mass is 10.2. The van der Waals surface area contributed by atoms with Crippen molar-refractivity contribution in [1.82, 2.24) is 10.0 Å². The average Bonchev–Trinajstić information content (AvgIpc) is 2.58. The first kappa shape index (κ1) is 23.8. The summed E-state index contributed by atoms with van der Waals surface area (Å²) in [7, 11) is -0.608. The van der Waals surface area contributed by atoms with Crippen molar-refractivity contribution in [3.05, 3.63) is 29.8 Å². The molecule has 144 valence electrons. The highest BCUT2D eigenvalue weighted by molar-refractivity contribution is 7.89. The molecule has 1 atom stereocenters. The zero-order valence-corrected chi connectivity index (χ0v) is 16.0. The second kappa shape index (κ2) is 12.2. The van der Waals surface area contributed by atoms with E-state index in [9.17, 15) is 13.2 Å². The molecule has 0 aromatic heterocycles. The molecule has 10 heteroatoms. The minimum absolute atomic E-state index is 0. The number of halogens is 1. The van der Waals surface area contributed by atoms with Gasteiger partial charge in [-0.05, 0) is 17.7 Å². The van der Waals surface area contributed by atoms with Crippen molar-refractivity contribution in [2.24, 2.45) is 5.73 Å². The minimum atomic E-state index is -3.60. The van der Waals surface area contributed by atoms with Gasteiger partial charge in [0.1, 0.15) is 0 Å². The number of nitrogens with one attached hydrogen (secondary N) is 2. The highest BCUT2D eigenvalue weighted by Gasteiger charge is 2.14. The van der Waals surface area contributed by atoms with Gasteiger partial charge in [0, 0.05) is 33.9 Å². The van der Waals surface area contributed by atoms with Crippen LogP contribution in [-0.4, -0.2) is 54.3 Å². The molecular formula is C15H26ClN3O5S. The zero-order chi connectivity index (χ0) is 18.0. The number of carbonyl (C=O) groups excluding carboxylic acids is 1. The van der Waals surface area contributed by atoms with Gasteiger partial charge < -0.3 is 20.5 Å². The molecule has 0 saturated heterocycles. The number of methoxy groups -OCH3 is 2. The van der Waals surface area contributed by atoms with Crippen LogP contribution < -0.4 is 15.8 Å². The molecule has 1 rings (SSSR count). The molecule has 0 spiro atoms. The number of benzene rings is 1. The standard InChI is InChI=1S/C15H25N3O5S.ClH/c1-22-7-6-18-24(20,21)14-5-3-4-12(8-14)11-17-15(19)9-13(10-16)23-2;/h3-5,8,13,18H,6-7,9-11,16H2,1-2H3,(H,17,19);1H. The van der Waals surface area contributed by atoms with E-state index >= 15 is 0 Å². The normalized spacial score (nSPS) is 12.3. The Bertz CT molecular complexity index is 623. The first-order valence-corrected chi connectivity index (χ1v) is 8.98. The molecule has 0 bridgehead atoms. The van der Waals surface area contributed by atoms with Crippen molar-refractivity contribution in [2.75, 3.05) is 33.9 Å². The lowest BCUT2D eigenvalue weighted by Gasteiger charge is -2.13. The second-order valence-corrected chi connectivity index (χ2v) is 6.88. The molecule has 1 aromatic carbocycles. The molecule has 0 saturated carbocycles. The topological polar surface area (TPSA) is 120 Å². The molecule has 0 aliphatic carbocycles. The van der Waals surface area contributed by atoms with E-state index in [1.54, 1.807) is 12.1 Å². The maximum absolute atomic E-state index is 12.1. The quantitative estimate of drug-likeness (QED) is 0.454. The van der Waals surface area contributed by atoms with Crippen LogP contribution >= 0.6 is 12.4 Å². The Morgan fingerprint density at radius 3 is 2.64 bits per heavy atom. The van der Waals surface area contributed by atoms with Crippen molar-refractivity contribution < 1.29 is 22.7 Å². The summed E-state index contributed by atoms with van der Waals surface area (Å²) >= 11 is 0. The van der Waals surface area contributed by atoms with Crippen molar-refractivity contribution in [2.45, 2.75) is 24.0 Å². The highest BCUT2D eigenvalue weighted by atomic mass is 35.5. The predicted molar refractivity (Wildman–Crippen MR) is 97.1 cm³/mol. The van der Waals surface area contributed by atoms with E-state index in [1.165, 1.54) is 26.4 Å². The van der Waals surface area contributed by atoms with Crippen LogP contribution in [0.25, 0.3) is 0 Å². The number of sulfonamides is 1. The summed E-state index contributed by atoms with van der Waals surface area (Å²) in [4.78, 5) is 12.0.